The molecule has 0 aliphatic heterocycles. The Balaban J connectivity index is 1.78. The zero-order valence-electron chi connectivity index (χ0n) is 7.73. The van der Waals surface area contributed by atoms with Crippen LogP contribution in [0.25, 0.3) is 0 Å². The van der Waals surface area contributed by atoms with E-state index in [1.165, 1.54) is 0 Å². The lowest BCUT2D eigenvalue weighted by Gasteiger charge is -2.31. The van der Waals surface area contributed by atoms with E-state index in [0.717, 1.165) is 18.6 Å². The largest absolute Gasteiger partial charge is 0.449 e. The highest BCUT2D eigenvalue weighted by molar-refractivity contribution is 5.19. The molecular weight excluding hydrogens is 180 g/mol. The quantitative estimate of drug-likeness (QED) is 0.742. The second kappa shape index (κ2) is 3.82. The summed E-state index contributed by atoms with van der Waals surface area (Å²) in [6.07, 6.45) is 1.48. The van der Waals surface area contributed by atoms with E-state index in [1.807, 2.05) is 6.07 Å². The van der Waals surface area contributed by atoms with Crippen LogP contribution in [-0.2, 0) is 6.54 Å². The summed E-state index contributed by atoms with van der Waals surface area (Å²) in [5.74, 6) is 1.11. The van der Waals surface area contributed by atoms with E-state index >= 15 is 0 Å². The minimum Gasteiger partial charge on any atom is -0.449 e. The Labute approximate surface area is 82.1 Å². The van der Waals surface area contributed by atoms with Crippen molar-refractivity contribution in [3.8, 4) is 6.07 Å². The summed E-state index contributed by atoms with van der Waals surface area (Å²) < 4.78 is 5.19. The number of nitriles is 1. The number of hydrogen-bond acceptors (Lipinski definition) is 4. The van der Waals surface area contributed by atoms with E-state index in [2.05, 4.69) is 5.32 Å². The number of rotatable bonds is 3. The fourth-order valence-electron chi connectivity index (χ4n) is 1.53. The Bertz CT molecular complexity index is 347. The second-order valence-corrected chi connectivity index (χ2v) is 3.58. The van der Waals surface area contributed by atoms with E-state index in [1.54, 1.807) is 12.1 Å². The predicted octanol–water partition coefficient (Wildman–Crippen LogP) is 0.764. The Morgan fingerprint density at radius 1 is 1.57 bits per heavy atom. The highest BCUT2D eigenvalue weighted by Gasteiger charge is 2.26. The fraction of sp³-hybridized carbons (Fsp3) is 0.500. The third-order valence-electron chi connectivity index (χ3n) is 2.45. The van der Waals surface area contributed by atoms with E-state index in [4.69, 9.17) is 14.8 Å². The molecule has 2 rings (SSSR count). The molecule has 1 aliphatic rings. The van der Waals surface area contributed by atoms with E-state index in [-0.39, 0.29) is 6.10 Å². The normalized spacial score (nSPS) is 25.4. The van der Waals surface area contributed by atoms with Crippen molar-refractivity contribution < 1.29 is 9.52 Å². The van der Waals surface area contributed by atoms with Crippen molar-refractivity contribution in [1.29, 1.82) is 5.26 Å². The number of hydrogen-bond donors (Lipinski definition) is 2. The van der Waals surface area contributed by atoms with Crippen molar-refractivity contribution in [2.75, 3.05) is 0 Å². The van der Waals surface area contributed by atoms with E-state index in [0.29, 0.717) is 18.3 Å². The van der Waals surface area contributed by atoms with Gasteiger partial charge in [0.1, 0.15) is 11.8 Å². The van der Waals surface area contributed by atoms with Crippen molar-refractivity contribution in [2.45, 2.75) is 31.5 Å². The maximum absolute atomic E-state index is 9.05. The van der Waals surface area contributed by atoms with Gasteiger partial charge in [-0.15, -0.1) is 0 Å². The van der Waals surface area contributed by atoms with Gasteiger partial charge < -0.3 is 14.8 Å². The van der Waals surface area contributed by atoms with Crippen LogP contribution in [0.5, 0.6) is 0 Å². The lowest BCUT2D eigenvalue weighted by Crippen LogP contribution is -2.43. The first-order chi connectivity index (χ1) is 6.78. The van der Waals surface area contributed by atoms with Gasteiger partial charge in [-0.2, -0.15) is 5.26 Å². The summed E-state index contributed by atoms with van der Waals surface area (Å²) in [6, 6.07) is 5.78. The summed E-state index contributed by atoms with van der Waals surface area (Å²) in [7, 11) is 0. The molecule has 1 fully saturated rings. The van der Waals surface area contributed by atoms with Crippen LogP contribution < -0.4 is 5.32 Å². The highest BCUT2D eigenvalue weighted by Crippen LogP contribution is 2.19. The second-order valence-electron chi connectivity index (χ2n) is 3.58. The molecule has 1 saturated carbocycles. The van der Waals surface area contributed by atoms with Gasteiger partial charge in [-0.05, 0) is 25.0 Å². The molecule has 2 N–H and O–H groups in total. The first-order valence-electron chi connectivity index (χ1n) is 4.68. The standard InChI is InChI=1S/C10H12N2O2/c11-5-9-1-2-10(14-9)6-12-7-3-8(13)4-7/h1-2,7-8,12-13H,3-4,6H2. The Kier molecular flexibility index (Phi) is 2.53. The van der Waals surface area contributed by atoms with Crippen LogP contribution in [0, 0.1) is 11.3 Å². The zero-order valence-corrected chi connectivity index (χ0v) is 7.73. The van der Waals surface area contributed by atoms with Gasteiger partial charge in [0.2, 0.25) is 5.76 Å². The van der Waals surface area contributed by atoms with Gasteiger partial charge in [-0.3, -0.25) is 0 Å². The molecule has 74 valence electrons. The number of aliphatic hydroxyl groups excluding tert-OH is 1. The Morgan fingerprint density at radius 2 is 2.36 bits per heavy atom. The van der Waals surface area contributed by atoms with Crippen molar-refractivity contribution >= 4 is 0 Å². The fourth-order valence-corrected chi connectivity index (χ4v) is 1.53. The lowest BCUT2D eigenvalue weighted by molar-refractivity contribution is 0.0612. The topological polar surface area (TPSA) is 69.2 Å². The van der Waals surface area contributed by atoms with Crippen molar-refractivity contribution in [1.82, 2.24) is 5.32 Å². The molecule has 4 heteroatoms. The Hall–Kier alpha value is -1.31. The third-order valence-corrected chi connectivity index (χ3v) is 2.45. The van der Waals surface area contributed by atoms with Gasteiger partial charge in [0.15, 0.2) is 0 Å². The summed E-state index contributed by atoms with van der Waals surface area (Å²) in [5, 5.41) is 20.8. The first kappa shape index (κ1) is 9.25. The molecule has 0 saturated heterocycles. The minimum absolute atomic E-state index is 0.140. The monoisotopic (exact) mass is 192 g/mol. The third kappa shape index (κ3) is 1.95. The molecule has 0 atom stereocenters. The molecule has 1 aliphatic carbocycles. The lowest BCUT2D eigenvalue weighted by atomic mass is 9.89. The first-order valence-corrected chi connectivity index (χ1v) is 4.68. The van der Waals surface area contributed by atoms with Crippen LogP contribution in [0.3, 0.4) is 0 Å². The zero-order chi connectivity index (χ0) is 9.97. The van der Waals surface area contributed by atoms with Gasteiger partial charge in [0.05, 0.1) is 12.6 Å². The maximum Gasteiger partial charge on any atom is 0.203 e. The number of aliphatic hydroxyl groups is 1. The molecule has 0 unspecified atom stereocenters. The molecule has 0 aromatic carbocycles. The van der Waals surface area contributed by atoms with Crippen LogP contribution in [0.15, 0.2) is 16.5 Å². The van der Waals surface area contributed by atoms with Gasteiger partial charge in [0, 0.05) is 6.04 Å². The number of furan rings is 1. The molecule has 1 aromatic rings. The number of nitrogens with one attached hydrogen (secondary N) is 1. The summed E-state index contributed by atoms with van der Waals surface area (Å²) >= 11 is 0. The van der Waals surface area contributed by atoms with E-state index in [9.17, 15) is 0 Å². The van der Waals surface area contributed by atoms with Gasteiger partial charge in [-0.1, -0.05) is 0 Å². The Morgan fingerprint density at radius 3 is 2.93 bits per heavy atom. The predicted molar refractivity (Wildman–Crippen MR) is 49.3 cm³/mol. The molecule has 4 nitrogen and oxygen atoms in total. The maximum atomic E-state index is 9.05. The molecular formula is C10H12N2O2. The average Bonchev–Trinajstić information content (AvgIpc) is 2.58. The molecule has 1 heterocycles. The summed E-state index contributed by atoms with van der Waals surface area (Å²) in [5.41, 5.74) is 0. The minimum atomic E-state index is -0.140. The van der Waals surface area contributed by atoms with Gasteiger partial charge >= 0.3 is 0 Å². The van der Waals surface area contributed by atoms with Crippen LogP contribution in [0.2, 0.25) is 0 Å². The smallest absolute Gasteiger partial charge is 0.203 e. The molecule has 0 amide bonds. The average molecular weight is 192 g/mol. The van der Waals surface area contributed by atoms with Crippen LogP contribution in [0.1, 0.15) is 24.4 Å². The molecule has 0 radical (unpaired) electrons. The molecule has 14 heavy (non-hydrogen) atoms. The van der Waals surface area contributed by atoms with Crippen molar-refractivity contribution in [2.24, 2.45) is 0 Å². The van der Waals surface area contributed by atoms with Crippen molar-refractivity contribution in [3.63, 3.8) is 0 Å². The SMILES string of the molecule is N#Cc1ccc(CNC2CC(O)C2)o1. The van der Waals surface area contributed by atoms with Gasteiger partial charge in [-0.25, -0.2) is 0 Å². The molecule has 0 bridgehead atoms. The summed E-state index contributed by atoms with van der Waals surface area (Å²) in [4.78, 5) is 0. The van der Waals surface area contributed by atoms with Gasteiger partial charge in [0.25, 0.3) is 0 Å². The highest BCUT2D eigenvalue weighted by atomic mass is 16.3. The van der Waals surface area contributed by atoms with Crippen LogP contribution in [0.4, 0.5) is 0 Å². The molecule has 1 aromatic heterocycles. The van der Waals surface area contributed by atoms with Crippen LogP contribution in [-0.4, -0.2) is 17.3 Å². The van der Waals surface area contributed by atoms with Crippen molar-refractivity contribution in [3.05, 3.63) is 23.7 Å². The van der Waals surface area contributed by atoms with E-state index < -0.39 is 0 Å². The number of nitrogens with zero attached hydrogens (tertiary/aromatic N) is 1. The molecule has 0 spiro atoms. The summed E-state index contributed by atoms with van der Waals surface area (Å²) in [6.45, 7) is 0.624. The van der Waals surface area contributed by atoms with Crippen LogP contribution >= 0.6 is 0 Å².